The van der Waals surface area contributed by atoms with Gasteiger partial charge in [-0.2, -0.15) is 11.8 Å². The zero-order valence-electron chi connectivity index (χ0n) is 23.2. The molecule has 0 saturated heterocycles. The Morgan fingerprint density at radius 1 is 1.05 bits per heavy atom. The van der Waals surface area contributed by atoms with Crippen LogP contribution in [-0.4, -0.2) is 43.4 Å². The summed E-state index contributed by atoms with van der Waals surface area (Å²) in [6.07, 6.45) is 8.09. The summed E-state index contributed by atoms with van der Waals surface area (Å²) in [4.78, 5) is 24.3. The molecule has 0 atom stereocenters. The molecule has 3 aromatic rings. The first-order valence-electron chi connectivity index (χ1n) is 12.1. The molecule has 8 heteroatoms. The number of nitrogens with two attached hydrogens (primary N) is 1. The minimum Gasteiger partial charge on any atom is -0.372 e. The average molecular weight is 529 g/mol. The first-order chi connectivity index (χ1) is 17.8. The fourth-order valence-corrected chi connectivity index (χ4v) is 3.20. The lowest BCUT2D eigenvalue weighted by molar-refractivity contribution is -0.110. The van der Waals surface area contributed by atoms with E-state index in [9.17, 15) is 9.18 Å². The highest BCUT2D eigenvalue weighted by atomic mass is 32.2. The van der Waals surface area contributed by atoms with Gasteiger partial charge in [-0.3, -0.25) is 9.59 Å². The second kappa shape index (κ2) is 18.8. The van der Waals surface area contributed by atoms with E-state index in [0.29, 0.717) is 22.4 Å². The molecule has 0 aliphatic carbocycles. The maximum absolute atomic E-state index is 14.3. The normalized spacial score (nSPS) is 11.7. The number of thioether (sulfide) groups is 1. The van der Waals surface area contributed by atoms with Crippen molar-refractivity contribution in [1.29, 1.82) is 0 Å². The smallest absolute Gasteiger partial charge is 0.256 e. The molecule has 0 spiro atoms. The van der Waals surface area contributed by atoms with Gasteiger partial charge < -0.3 is 21.4 Å². The van der Waals surface area contributed by atoms with E-state index in [4.69, 9.17) is 4.79 Å². The van der Waals surface area contributed by atoms with Crippen LogP contribution in [0.2, 0.25) is 0 Å². The van der Waals surface area contributed by atoms with Crippen molar-refractivity contribution in [3.05, 3.63) is 76.9 Å². The first-order valence-corrected chi connectivity index (χ1v) is 13.7. The summed E-state index contributed by atoms with van der Waals surface area (Å²) < 4.78 is 14.3. The zero-order chi connectivity index (χ0) is 28.4. The van der Waals surface area contributed by atoms with Crippen molar-refractivity contribution >= 4 is 41.4 Å². The molecule has 0 unspecified atom stereocenters. The molecule has 4 rings (SSSR count). The van der Waals surface area contributed by atoms with Crippen LogP contribution in [0.1, 0.15) is 43.2 Å². The molecule has 202 valence electrons. The molecule has 2 aromatic carbocycles. The number of H-pyrrole nitrogens is 1. The number of benzene rings is 2. The van der Waals surface area contributed by atoms with Crippen LogP contribution in [0.15, 0.2) is 48.7 Å². The topological polar surface area (TPSA) is 100 Å². The van der Waals surface area contributed by atoms with Crippen molar-refractivity contribution < 1.29 is 14.0 Å². The van der Waals surface area contributed by atoms with Crippen LogP contribution in [0.5, 0.6) is 0 Å². The monoisotopic (exact) mass is 528 g/mol. The predicted octanol–water partition coefficient (Wildman–Crippen LogP) is 6.26. The summed E-state index contributed by atoms with van der Waals surface area (Å²) in [6.45, 7) is 11.2. The Hall–Kier alpha value is -3.36. The van der Waals surface area contributed by atoms with Crippen LogP contribution in [-0.2, 0) is 9.59 Å². The summed E-state index contributed by atoms with van der Waals surface area (Å²) in [7, 11) is 1.93. The molecule has 2 heterocycles. The number of primary amides is 1. The summed E-state index contributed by atoms with van der Waals surface area (Å²) in [5.74, 6) is -0.480. The summed E-state index contributed by atoms with van der Waals surface area (Å²) in [5.41, 5.74) is 10.5. The number of fused-ring (bicyclic) bond motifs is 1. The van der Waals surface area contributed by atoms with Crippen molar-refractivity contribution in [3.63, 3.8) is 0 Å². The molecule has 0 bridgehead atoms. The third kappa shape index (κ3) is 9.90. The highest BCUT2D eigenvalue weighted by Gasteiger charge is 2.28. The molecule has 1 aliphatic heterocycles. The van der Waals surface area contributed by atoms with Crippen molar-refractivity contribution in [3.8, 4) is 11.1 Å². The van der Waals surface area contributed by atoms with E-state index in [1.165, 1.54) is 6.07 Å². The molecule has 5 N–H and O–H groups in total. The van der Waals surface area contributed by atoms with Crippen LogP contribution in [0.25, 0.3) is 22.8 Å². The summed E-state index contributed by atoms with van der Waals surface area (Å²) in [6, 6.07) is 12.1. The van der Waals surface area contributed by atoms with Gasteiger partial charge in [-0.05, 0) is 74.9 Å². The molecule has 1 aliphatic rings. The van der Waals surface area contributed by atoms with Gasteiger partial charge in [-0.15, -0.1) is 0 Å². The van der Waals surface area contributed by atoms with Crippen LogP contribution < -0.4 is 16.4 Å². The number of hydrogen-bond acceptors (Lipinski definition) is 4. The number of carbonyl (C=O) groups is 2. The SMILES string of the molecule is CC.CCNC.CSC.Cc1c[nH]c(/C=C2\C(=O)Nc3cccc(-c4ccccc4F)c32)c1C.NC=O. The molecule has 0 fully saturated rings. The van der Waals surface area contributed by atoms with E-state index in [-0.39, 0.29) is 18.1 Å². The Morgan fingerprint density at radius 3 is 2.08 bits per heavy atom. The number of aryl methyl sites for hydroxylation is 1. The molecule has 1 aromatic heterocycles. The number of anilines is 1. The van der Waals surface area contributed by atoms with E-state index in [1.807, 2.05) is 77.7 Å². The number of nitrogens with one attached hydrogen (secondary N) is 3. The minimum absolute atomic E-state index is 0.176. The van der Waals surface area contributed by atoms with Gasteiger partial charge in [0.1, 0.15) is 5.82 Å². The van der Waals surface area contributed by atoms with Crippen LogP contribution in [0.3, 0.4) is 0 Å². The highest BCUT2D eigenvalue weighted by molar-refractivity contribution is 7.97. The lowest BCUT2D eigenvalue weighted by Crippen LogP contribution is -2.03. The van der Waals surface area contributed by atoms with Crippen LogP contribution >= 0.6 is 11.8 Å². The predicted molar refractivity (Wildman–Crippen MR) is 159 cm³/mol. The van der Waals surface area contributed by atoms with Gasteiger partial charge in [0, 0.05) is 28.7 Å². The Balaban J connectivity index is 0.000000925. The van der Waals surface area contributed by atoms with Gasteiger partial charge in [0.15, 0.2) is 0 Å². The van der Waals surface area contributed by atoms with Gasteiger partial charge in [-0.1, -0.05) is 51.1 Å². The molecule has 2 amide bonds. The Bertz CT molecular complexity index is 1140. The number of halogens is 1. The fourth-order valence-electron chi connectivity index (χ4n) is 3.20. The zero-order valence-corrected chi connectivity index (χ0v) is 24.0. The van der Waals surface area contributed by atoms with Gasteiger partial charge in [0.2, 0.25) is 6.41 Å². The summed E-state index contributed by atoms with van der Waals surface area (Å²) >= 11 is 1.75. The Kier molecular flexibility index (Phi) is 17.1. The number of carbonyl (C=O) groups excluding carboxylic acids is 2. The van der Waals surface area contributed by atoms with Crippen molar-refractivity contribution in [2.24, 2.45) is 5.73 Å². The molecular formula is C29H41FN4O2S. The number of amides is 2. The minimum atomic E-state index is -0.304. The number of hydrogen-bond donors (Lipinski definition) is 4. The van der Waals surface area contributed by atoms with E-state index in [0.717, 1.165) is 28.9 Å². The molecule has 0 saturated carbocycles. The maximum Gasteiger partial charge on any atom is 0.256 e. The van der Waals surface area contributed by atoms with E-state index < -0.39 is 0 Å². The van der Waals surface area contributed by atoms with Crippen molar-refractivity contribution in [2.75, 3.05) is 31.4 Å². The van der Waals surface area contributed by atoms with E-state index in [1.54, 1.807) is 30.0 Å². The van der Waals surface area contributed by atoms with Crippen LogP contribution in [0.4, 0.5) is 10.1 Å². The number of rotatable bonds is 3. The lowest BCUT2D eigenvalue weighted by Gasteiger charge is -2.09. The quantitative estimate of drug-likeness (QED) is 0.238. The lowest BCUT2D eigenvalue weighted by atomic mass is 9.94. The number of aromatic nitrogens is 1. The Morgan fingerprint density at radius 2 is 1.59 bits per heavy atom. The molecule has 6 nitrogen and oxygen atoms in total. The Labute approximate surface area is 225 Å². The summed E-state index contributed by atoms with van der Waals surface area (Å²) in [5, 5.41) is 5.81. The van der Waals surface area contributed by atoms with E-state index in [2.05, 4.69) is 28.3 Å². The second-order valence-corrected chi connectivity index (χ2v) is 8.30. The third-order valence-electron chi connectivity index (χ3n) is 5.07. The second-order valence-electron chi connectivity index (χ2n) is 7.48. The third-order valence-corrected chi connectivity index (χ3v) is 5.07. The highest BCUT2D eigenvalue weighted by Crippen LogP contribution is 2.41. The first kappa shape index (κ1) is 33.6. The standard InChI is InChI=1S/C21H17FN2O.C3H9N.C2H6S.C2H6.CH3NO/c1-12-11-23-19(13(12)2)10-16-20-15(14-6-3-4-8-17(14)22)7-5-9-18(20)24-21(16)25;1-3-4-2;1-3-2;1-2;2-1-3/h3-11,23H,1-2H3,(H,24,25);4H,3H2,1-2H3;1-2H3;1-2H3;1H,(H2,2,3)/b16-10-;;;;. The number of aromatic amines is 1. The largest absolute Gasteiger partial charge is 0.372 e. The molecular weight excluding hydrogens is 487 g/mol. The van der Waals surface area contributed by atoms with Gasteiger partial charge >= 0.3 is 0 Å². The van der Waals surface area contributed by atoms with Crippen molar-refractivity contribution in [1.82, 2.24) is 10.3 Å². The van der Waals surface area contributed by atoms with Gasteiger partial charge in [0.25, 0.3) is 5.91 Å². The van der Waals surface area contributed by atoms with Gasteiger partial charge in [0.05, 0.1) is 5.57 Å². The maximum atomic E-state index is 14.3. The fraction of sp³-hybridized carbons (Fsp3) is 0.310. The van der Waals surface area contributed by atoms with E-state index >= 15 is 0 Å². The molecule has 0 radical (unpaired) electrons. The molecule has 37 heavy (non-hydrogen) atoms. The van der Waals surface area contributed by atoms with Gasteiger partial charge in [-0.25, -0.2) is 4.39 Å². The van der Waals surface area contributed by atoms with Crippen molar-refractivity contribution in [2.45, 2.75) is 34.6 Å². The van der Waals surface area contributed by atoms with Crippen LogP contribution in [0, 0.1) is 19.7 Å². The average Bonchev–Trinajstić information content (AvgIpc) is 3.40.